The Kier molecular flexibility index (Phi) is 4.00. The Morgan fingerprint density at radius 1 is 1.23 bits per heavy atom. The van der Waals surface area contributed by atoms with Crippen molar-refractivity contribution in [1.29, 1.82) is 0 Å². The Morgan fingerprint density at radius 3 is 2.73 bits per heavy atom. The number of ether oxygens (including phenoxy) is 1. The summed E-state index contributed by atoms with van der Waals surface area (Å²) in [6, 6.07) is 14.0. The predicted octanol–water partition coefficient (Wildman–Crippen LogP) is 3.96. The van der Waals surface area contributed by atoms with E-state index in [0.29, 0.717) is 18.8 Å². The minimum atomic E-state index is -0.306. The van der Waals surface area contributed by atoms with Crippen molar-refractivity contribution in [3.05, 3.63) is 59.5 Å². The van der Waals surface area contributed by atoms with Gasteiger partial charge in [-0.25, -0.2) is 4.79 Å². The van der Waals surface area contributed by atoms with Crippen LogP contribution < -0.4 is 0 Å². The molecule has 4 nitrogen and oxygen atoms in total. The van der Waals surface area contributed by atoms with Crippen LogP contribution in [0.3, 0.4) is 0 Å². The van der Waals surface area contributed by atoms with Crippen molar-refractivity contribution in [1.82, 2.24) is 4.57 Å². The zero-order valence-corrected chi connectivity index (χ0v) is 12.8. The van der Waals surface area contributed by atoms with Crippen LogP contribution in [0.4, 0.5) is 0 Å². The van der Waals surface area contributed by atoms with Crippen LogP contribution in [-0.2, 0) is 17.7 Å². The SMILES string of the molecule is CCOC(=O)c1cc2oc(C)cc2n1CCc1ccccc1. The Labute approximate surface area is 129 Å². The average Bonchev–Trinajstić information content (AvgIpc) is 3.03. The molecule has 0 amide bonds. The van der Waals surface area contributed by atoms with E-state index in [1.807, 2.05) is 42.7 Å². The van der Waals surface area contributed by atoms with E-state index < -0.39 is 0 Å². The third-order valence-electron chi connectivity index (χ3n) is 3.66. The highest BCUT2D eigenvalue weighted by Gasteiger charge is 2.19. The molecule has 114 valence electrons. The van der Waals surface area contributed by atoms with Gasteiger partial charge in [-0.2, -0.15) is 0 Å². The Hall–Kier alpha value is -2.49. The van der Waals surface area contributed by atoms with Gasteiger partial charge >= 0.3 is 5.97 Å². The maximum absolute atomic E-state index is 12.1. The summed E-state index contributed by atoms with van der Waals surface area (Å²) in [6.07, 6.45) is 0.848. The van der Waals surface area contributed by atoms with Crippen molar-refractivity contribution in [2.24, 2.45) is 0 Å². The number of carbonyl (C=O) groups excluding carboxylic acids is 1. The van der Waals surface area contributed by atoms with Crippen molar-refractivity contribution < 1.29 is 13.9 Å². The van der Waals surface area contributed by atoms with Crippen molar-refractivity contribution in [3.8, 4) is 0 Å². The average molecular weight is 297 g/mol. The molecule has 0 atom stereocenters. The second kappa shape index (κ2) is 6.10. The van der Waals surface area contributed by atoms with Crippen LogP contribution in [0.15, 0.2) is 46.9 Å². The highest BCUT2D eigenvalue weighted by Crippen LogP contribution is 2.24. The van der Waals surface area contributed by atoms with Crippen LogP contribution in [0.25, 0.3) is 11.1 Å². The maximum Gasteiger partial charge on any atom is 0.355 e. The molecule has 0 spiro atoms. The number of aryl methyl sites for hydroxylation is 3. The monoisotopic (exact) mass is 297 g/mol. The van der Waals surface area contributed by atoms with Crippen LogP contribution >= 0.6 is 0 Å². The van der Waals surface area contributed by atoms with Gasteiger partial charge in [0.05, 0.1) is 12.1 Å². The van der Waals surface area contributed by atoms with Crippen LogP contribution in [0.5, 0.6) is 0 Å². The van der Waals surface area contributed by atoms with E-state index in [1.54, 1.807) is 6.07 Å². The number of benzene rings is 1. The van der Waals surface area contributed by atoms with Crippen LogP contribution in [0.2, 0.25) is 0 Å². The molecule has 0 aliphatic heterocycles. The summed E-state index contributed by atoms with van der Waals surface area (Å²) >= 11 is 0. The lowest BCUT2D eigenvalue weighted by atomic mass is 10.1. The standard InChI is InChI=1S/C18H19NO3/c1-3-21-18(20)16-12-17-15(11-13(2)22-17)19(16)10-9-14-7-5-4-6-8-14/h4-8,11-12H,3,9-10H2,1-2H3. The van der Waals surface area contributed by atoms with E-state index in [0.717, 1.165) is 23.3 Å². The number of esters is 1. The van der Waals surface area contributed by atoms with E-state index in [9.17, 15) is 4.79 Å². The third kappa shape index (κ3) is 2.77. The fraction of sp³-hybridized carbons (Fsp3) is 0.278. The maximum atomic E-state index is 12.1. The summed E-state index contributed by atoms with van der Waals surface area (Å²) in [7, 11) is 0. The van der Waals surface area contributed by atoms with Gasteiger partial charge in [-0.05, 0) is 25.8 Å². The number of fused-ring (bicyclic) bond motifs is 1. The number of hydrogen-bond donors (Lipinski definition) is 0. The van der Waals surface area contributed by atoms with Crippen LogP contribution in [0.1, 0.15) is 28.7 Å². The van der Waals surface area contributed by atoms with Crippen molar-refractivity contribution in [2.45, 2.75) is 26.8 Å². The van der Waals surface area contributed by atoms with Crippen molar-refractivity contribution >= 4 is 17.1 Å². The van der Waals surface area contributed by atoms with Gasteiger partial charge in [0.2, 0.25) is 0 Å². The van der Waals surface area contributed by atoms with Gasteiger partial charge in [-0.15, -0.1) is 0 Å². The molecule has 0 radical (unpaired) electrons. The van der Waals surface area contributed by atoms with Gasteiger partial charge in [0.1, 0.15) is 11.5 Å². The summed E-state index contributed by atoms with van der Waals surface area (Å²) in [6.45, 7) is 4.79. The van der Waals surface area contributed by atoms with Gasteiger partial charge in [0.15, 0.2) is 5.58 Å². The fourth-order valence-electron chi connectivity index (χ4n) is 2.67. The molecule has 0 saturated heterocycles. The number of aromatic nitrogens is 1. The zero-order valence-electron chi connectivity index (χ0n) is 12.8. The molecule has 2 heterocycles. The van der Waals surface area contributed by atoms with Gasteiger partial charge in [-0.3, -0.25) is 0 Å². The molecule has 0 aliphatic carbocycles. The lowest BCUT2D eigenvalue weighted by molar-refractivity contribution is 0.0514. The highest BCUT2D eigenvalue weighted by molar-refractivity contribution is 5.94. The number of carbonyl (C=O) groups is 1. The summed E-state index contributed by atoms with van der Waals surface area (Å²) in [5.74, 6) is 0.536. The molecule has 0 fully saturated rings. The zero-order chi connectivity index (χ0) is 15.5. The van der Waals surface area contributed by atoms with Gasteiger partial charge in [0.25, 0.3) is 0 Å². The first-order chi connectivity index (χ1) is 10.7. The van der Waals surface area contributed by atoms with E-state index in [2.05, 4.69) is 12.1 Å². The Morgan fingerprint density at radius 2 is 2.00 bits per heavy atom. The molecule has 22 heavy (non-hydrogen) atoms. The first kappa shape index (κ1) is 14.4. The molecular weight excluding hydrogens is 278 g/mol. The summed E-state index contributed by atoms with van der Waals surface area (Å²) in [4.78, 5) is 12.1. The molecule has 3 rings (SSSR count). The molecule has 0 aliphatic rings. The molecule has 2 aromatic heterocycles. The minimum absolute atomic E-state index is 0.306. The molecule has 0 N–H and O–H groups in total. The highest BCUT2D eigenvalue weighted by atomic mass is 16.5. The lowest BCUT2D eigenvalue weighted by Crippen LogP contribution is -2.13. The molecule has 1 aromatic carbocycles. The Bertz CT molecular complexity index is 783. The smallest absolute Gasteiger partial charge is 0.355 e. The summed E-state index contributed by atoms with van der Waals surface area (Å²) in [5, 5.41) is 0. The second-order valence-corrected chi connectivity index (χ2v) is 5.24. The molecule has 0 saturated carbocycles. The molecular formula is C18H19NO3. The van der Waals surface area contributed by atoms with E-state index in [-0.39, 0.29) is 5.97 Å². The first-order valence-corrected chi connectivity index (χ1v) is 7.49. The summed E-state index contributed by atoms with van der Waals surface area (Å²) in [5.41, 5.74) is 3.45. The van der Waals surface area contributed by atoms with Gasteiger partial charge < -0.3 is 13.7 Å². The second-order valence-electron chi connectivity index (χ2n) is 5.24. The Balaban J connectivity index is 1.93. The van der Waals surface area contributed by atoms with Gasteiger partial charge in [-0.1, -0.05) is 30.3 Å². The van der Waals surface area contributed by atoms with Crippen LogP contribution in [-0.4, -0.2) is 17.1 Å². The van der Waals surface area contributed by atoms with Gasteiger partial charge in [0, 0.05) is 18.7 Å². The number of nitrogens with zero attached hydrogens (tertiary/aromatic N) is 1. The minimum Gasteiger partial charge on any atom is -0.461 e. The third-order valence-corrected chi connectivity index (χ3v) is 3.66. The first-order valence-electron chi connectivity index (χ1n) is 7.49. The molecule has 0 unspecified atom stereocenters. The van der Waals surface area contributed by atoms with Crippen molar-refractivity contribution in [2.75, 3.05) is 6.61 Å². The van der Waals surface area contributed by atoms with E-state index in [1.165, 1.54) is 5.56 Å². The largest absolute Gasteiger partial charge is 0.461 e. The van der Waals surface area contributed by atoms with Crippen molar-refractivity contribution in [3.63, 3.8) is 0 Å². The summed E-state index contributed by atoms with van der Waals surface area (Å²) < 4.78 is 12.8. The van der Waals surface area contributed by atoms with E-state index in [4.69, 9.17) is 9.15 Å². The molecule has 3 aromatic rings. The fourth-order valence-corrected chi connectivity index (χ4v) is 2.67. The van der Waals surface area contributed by atoms with E-state index >= 15 is 0 Å². The lowest BCUT2D eigenvalue weighted by Gasteiger charge is -2.09. The molecule has 4 heteroatoms. The van der Waals surface area contributed by atoms with Crippen LogP contribution in [0, 0.1) is 6.92 Å². The predicted molar refractivity (Wildman–Crippen MR) is 85.0 cm³/mol. The topological polar surface area (TPSA) is 44.4 Å². The number of rotatable bonds is 5. The number of furan rings is 1. The normalized spacial score (nSPS) is 11.0. The quantitative estimate of drug-likeness (QED) is 0.669. The molecule has 0 bridgehead atoms. The number of hydrogen-bond acceptors (Lipinski definition) is 3.